The van der Waals surface area contributed by atoms with Gasteiger partial charge in [0.15, 0.2) is 0 Å². The second-order valence-corrected chi connectivity index (χ2v) is 6.46. The summed E-state index contributed by atoms with van der Waals surface area (Å²) in [6.45, 7) is 0.945. The summed E-state index contributed by atoms with van der Waals surface area (Å²) in [5.74, 6) is 1.03. The van der Waals surface area contributed by atoms with Crippen LogP contribution in [0, 0.1) is 5.92 Å². The Morgan fingerprint density at radius 3 is 2.79 bits per heavy atom. The number of piperidine rings is 1. The van der Waals surface area contributed by atoms with Crippen molar-refractivity contribution in [2.75, 3.05) is 13.2 Å². The highest BCUT2D eigenvalue weighted by atomic mass is 16.3. The molecule has 0 aromatic heterocycles. The molecule has 2 heterocycles. The molecule has 0 bridgehead atoms. The fraction of sp³-hybridized carbons (Fsp3) is 0.933. The third-order valence-corrected chi connectivity index (χ3v) is 5.32. The van der Waals surface area contributed by atoms with E-state index in [0.29, 0.717) is 6.04 Å². The highest BCUT2D eigenvalue weighted by Crippen LogP contribution is 2.33. The summed E-state index contributed by atoms with van der Waals surface area (Å²) in [6, 6.07) is 0.636. The van der Waals surface area contributed by atoms with Crippen molar-refractivity contribution >= 4 is 5.91 Å². The largest absolute Gasteiger partial charge is 0.394 e. The van der Waals surface area contributed by atoms with Gasteiger partial charge < -0.3 is 15.3 Å². The second kappa shape index (κ2) is 5.80. The van der Waals surface area contributed by atoms with Crippen LogP contribution in [0.5, 0.6) is 0 Å². The van der Waals surface area contributed by atoms with E-state index in [9.17, 15) is 9.90 Å². The normalized spacial score (nSPS) is 39.1. The molecular formula is C15H26N2O2. The van der Waals surface area contributed by atoms with Crippen LogP contribution in [0.15, 0.2) is 0 Å². The molecule has 0 spiro atoms. The van der Waals surface area contributed by atoms with Crippen molar-refractivity contribution < 1.29 is 9.90 Å². The van der Waals surface area contributed by atoms with Gasteiger partial charge in [0.25, 0.3) is 0 Å². The molecule has 0 aromatic rings. The number of hydrogen-bond donors (Lipinski definition) is 2. The number of nitrogens with zero attached hydrogens (tertiary/aromatic N) is 1. The quantitative estimate of drug-likeness (QED) is 0.791. The molecule has 0 radical (unpaired) electrons. The van der Waals surface area contributed by atoms with Gasteiger partial charge in [0, 0.05) is 12.6 Å². The van der Waals surface area contributed by atoms with E-state index >= 15 is 0 Å². The number of aliphatic hydroxyl groups excluding tert-OH is 1. The lowest BCUT2D eigenvalue weighted by atomic mass is 9.77. The van der Waals surface area contributed by atoms with E-state index in [2.05, 4.69) is 5.32 Å². The smallest absolute Gasteiger partial charge is 0.240 e. The van der Waals surface area contributed by atoms with Crippen LogP contribution in [0.25, 0.3) is 0 Å². The third-order valence-electron chi connectivity index (χ3n) is 5.32. The lowest BCUT2D eigenvalue weighted by molar-refractivity contribution is -0.136. The summed E-state index contributed by atoms with van der Waals surface area (Å²) in [6.07, 6.45) is 9.41. The van der Waals surface area contributed by atoms with Gasteiger partial charge in [-0.1, -0.05) is 12.8 Å². The Labute approximate surface area is 115 Å². The van der Waals surface area contributed by atoms with Gasteiger partial charge in [-0.3, -0.25) is 4.79 Å². The number of aliphatic hydroxyl groups is 1. The highest BCUT2D eigenvalue weighted by molar-refractivity contribution is 5.82. The maximum atomic E-state index is 12.6. The third kappa shape index (κ3) is 2.65. The van der Waals surface area contributed by atoms with E-state index in [0.717, 1.165) is 31.7 Å². The zero-order chi connectivity index (χ0) is 13.2. The molecule has 19 heavy (non-hydrogen) atoms. The Balaban J connectivity index is 1.61. The minimum absolute atomic E-state index is 0.00602. The molecule has 2 N–H and O–H groups in total. The monoisotopic (exact) mass is 266 g/mol. The lowest BCUT2D eigenvalue weighted by Crippen LogP contribution is -2.56. The van der Waals surface area contributed by atoms with E-state index in [4.69, 9.17) is 0 Å². The zero-order valence-electron chi connectivity index (χ0n) is 11.7. The molecular weight excluding hydrogens is 240 g/mol. The van der Waals surface area contributed by atoms with Crippen LogP contribution < -0.4 is 5.32 Å². The molecule has 2 saturated heterocycles. The second-order valence-electron chi connectivity index (χ2n) is 6.46. The summed E-state index contributed by atoms with van der Waals surface area (Å²) in [5, 5.41) is 13.0. The zero-order valence-corrected chi connectivity index (χ0v) is 11.7. The van der Waals surface area contributed by atoms with Crippen LogP contribution >= 0.6 is 0 Å². The van der Waals surface area contributed by atoms with Gasteiger partial charge in [-0.2, -0.15) is 0 Å². The number of amides is 1. The summed E-state index contributed by atoms with van der Waals surface area (Å²) in [4.78, 5) is 14.5. The van der Waals surface area contributed by atoms with E-state index in [1.807, 2.05) is 4.90 Å². The predicted molar refractivity (Wildman–Crippen MR) is 73.7 cm³/mol. The predicted octanol–water partition coefficient (Wildman–Crippen LogP) is 1.28. The number of likely N-dealkylation sites (tertiary alicyclic amines) is 1. The van der Waals surface area contributed by atoms with E-state index in [1.54, 1.807) is 0 Å². The molecule has 3 rings (SSSR count). The molecule has 1 saturated carbocycles. The molecule has 108 valence electrons. The van der Waals surface area contributed by atoms with Gasteiger partial charge in [-0.15, -0.1) is 0 Å². The van der Waals surface area contributed by atoms with Crippen molar-refractivity contribution in [2.45, 2.75) is 69.5 Å². The molecule has 4 nitrogen and oxygen atoms in total. The maximum absolute atomic E-state index is 12.6. The van der Waals surface area contributed by atoms with Gasteiger partial charge in [0.1, 0.15) is 0 Å². The number of carbonyl (C=O) groups excluding carboxylic acids is 1. The van der Waals surface area contributed by atoms with Crippen molar-refractivity contribution in [1.29, 1.82) is 0 Å². The first-order chi connectivity index (χ1) is 9.29. The van der Waals surface area contributed by atoms with Gasteiger partial charge in [-0.25, -0.2) is 0 Å². The fourth-order valence-corrected chi connectivity index (χ4v) is 4.21. The fourth-order valence-electron chi connectivity index (χ4n) is 4.21. The van der Waals surface area contributed by atoms with Crippen LogP contribution in [0.2, 0.25) is 0 Å². The van der Waals surface area contributed by atoms with Gasteiger partial charge in [0.2, 0.25) is 5.91 Å². The van der Waals surface area contributed by atoms with Crippen LogP contribution in [0.4, 0.5) is 0 Å². The van der Waals surface area contributed by atoms with Crippen molar-refractivity contribution in [3.8, 4) is 0 Å². The number of carbonyl (C=O) groups is 1. The van der Waals surface area contributed by atoms with Crippen molar-refractivity contribution in [1.82, 2.24) is 10.2 Å². The van der Waals surface area contributed by atoms with Gasteiger partial charge in [-0.05, 0) is 44.4 Å². The van der Waals surface area contributed by atoms with Crippen LogP contribution in [0.3, 0.4) is 0 Å². The summed E-state index contributed by atoms with van der Waals surface area (Å²) in [7, 11) is 0. The highest BCUT2D eigenvalue weighted by Gasteiger charge is 2.38. The van der Waals surface area contributed by atoms with Crippen molar-refractivity contribution in [3.05, 3.63) is 0 Å². The molecule has 0 aromatic carbocycles. The number of fused-ring (bicyclic) bond motifs is 1. The van der Waals surface area contributed by atoms with E-state index in [-0.39, 0.29) is 24.6 Å². The van der Waals surface area contributed by atoms with Gasteiger partial charge in [0.05, 0.1) is 18.7 Å². The van der Waals surface area contributed by atoms with Crippen molar-refractivity contribution in [3.63, 3.8) is 0 Å². The number of rotatable bonds is 2. The first-order valence-electron chi connectivity index (χ1n) is 7.97. The van der Waals surface area contributed by atoms with E-state index < -0.39 is 0 Å². The summed E-state index contributed by atoms with van der Waals surface area (Å²) < 4.78 is 0. The SMILES string of the molecule is O=C(C1CCC2CCCCC2N1)N1CCCC1CO. The molecule has 4 heteroatoms. The topological polar surface area (TPSA) is 52.6 Å². The standard InChI is InChI=1S/C15H26N2O2/c18-10-12-5-3-9-17(12)15(19)14-8-7-11-4-1-2-6-13(11)16-14/h11-14,16,18H,1-10H2. The molecule has 1 aliphatic carbocycles. The van der Waals surface area contributed by atoms with Crippen molar-refractivity contribution in [2.24, 2.45) is 5.92 Å². The van der Waals surface area contributed by atoms with Crippen LogP contribution in [-0.4, -0.2) is 47.2 Å². The summed E-state index contributed by atoms with van der Waals surface area (Å²) in [5.41, 5.74) is 0. The Bertz CT molecular complexity index is 334. The molecule has 4 unspecified atom stereocenters. The minimum Gasteiger partial charge on any atom is -0.394 e. The Kier molecular flexibility index (Phi) is 4.08. The number of hydrogen-bond acceptors (Lipinski definition) is 3. The number of nitrogens with one attached hydrogen (secondary N) is 1. The Morgan fingerprint density at radius 1 is 1.11 bits per heavy atom. The summed E-state index contributed by atoms with van der Waals surface area (Å²) >= 11 is 0. The first kappa shape index (κ1) is 13.4. The average molecular weight is 266 g/mol. The minimum atomic E-state index is 0.00602. The lowest BCUT2D eigenvalue weighted by Gasteiger charge is -2.41. The maximum Gasteiger partial charge on any atom is 0.240 e. The molecule has 3 fully saturated rings. The van der Waals surface area contributed by atoms with Crippen LogP contribution in [-0.2, 0) is 4.79 Å². The molecule has 4 atom stereocenters. The Morgan fingerprint density at radius 2 is 1.95 bits per heavy atom. The van der Waals surface area contributed by atoms with E-state index in [1.165, 1.54) is 32.1 Å². The molecule has 3 aliphatic rings. The first-order valence-corrected chi connectivity index (χ1v) is 7.97. The van der Waals surface area contributed by atoms with Gasteiger partial charge >= 0.3 is 0 Å². The average Bonchev–Trinajstić information content (AvgIpc) is 2.94. The molecule has 1 amide bonds. The van der Waals surface area contributed by atoms with Crippen LogP contribution in [0.1, 0.15) is 51.4 Å². The Hall–Kier alpha value is -0.610. The molecule has 2 aliphatic heterocycles.